The molecule has 20 heavy (non-hydrogen) atoms. The standard InChI is InChI=1S/C18H12O2/c1-3-13-4-2-6-17(15-8-10-20-12-15)18(13)16(5-1)14-7-9-19-11-14/h1-12H. The Labute approximate surface area is 116 Å². The fourth-order valence-electron chi connectivity index (χ4n) is 2.66. The van der Waals surface area contributed by atoms with Crippen LogP contribution in [-0.4, -0.2) is 0 Å². The van der Waals surface area contributed by atoms with Crippen molar-refractivity contribution in [2.75, 3.05) is 0 Å². The zero-order valence-electron chi connectivity index (χ0n) is 10.7. The molecule has 0 aliphatic rings. The Morgan fingerprint density at radius 3 is 1.60 bits per heavy atom. The molecule has 0 amide bonds. The predicted molar refractivity (Wildman–Crippen MR) is 79.4 cm³/mol. The zero-order valence-corrected chi connectivity index (χ0v) is 10.7. The molecule has 0 radical (unpaired) electrons. The summed E-state index contributed by atoms with van der Waals surface area (Å²) in [6, 6.07) is 16.6. The summed E-state index contributed by atoms with van der Waals surface area (Å²) in [7, 11) is 0. The van der Waals surface area contributed by atoms with Gasteiger partial charge in [0.1, 0.15) is 0 Å². The molecule has 0 saturated carbocycles. The largest absolute Gasteiger partial charge is 0.472 e. The van der Waals surface area contributed by atoms with Crippen molar-refractivity contribution in [3.63, 3.8) is 0 Å². The molecule has 4 aromatic rings. The zero-order chi connectivity index (χ0) is 13.4. The molecule has 96 valence electrons. The van der Waals surface area contributed by atoms with Crippen molar-refractivity contribution in [2.45, 2.75) is 0 Å². The fraction of sp³-hybridized carbons (Fsp3) is 0. The molecule has 0 aliphatic heterocycles. The number of hydrogen-bond acceptors (Lipinski definition) is 2. The van der Waals surface area contributed by atoms with Crippen LogP contribution in [-0.2, 0) is 0 Å². The lowest BCUT2D eigenvalue weighted by molar-refractivity contribution is 0.568. The van der Waals surface area contributed by atoms with Gasteiger partial charge in [-0.15, -0.1) is 0 Å². The van der Waals surface area contributed by atoms with Crippen LogP contribution < -0.4 is 0 Å². The highest BCUT2D eigenvalue weighted by Crippen LogP contribution is 2.36. The number of fused-ring (bicyclic) bond motifs is 1. The molecule has 0 atom stereocenters. The number of hydrogen-bond donors (Lipinski definition) is 0. The molecule has 0 fully saturated rings. The quantitative estimate of drug-likeness (QED) is 0.485. The summed E-state index contributed by atoms with van der Waals surface area (Å²) in [6.07, 6.45) is 6.96. The molecule has 0 aliphatic carbocycles. The van der Waals surface area contributed by atoms with E-state index in [1.807, 2.05) is 12.1 Å². The van der Waals surface area contributed by atoms with Crippen LogP contribution in [0.4, 0.5) is 0 Å². The van der Waals surface area contributed by atoms with Gasteiger partial charge >= 0.3 is 0 Å². The van der Waals surface area contributed by atoms with Crippen LogP contribution in [0.25, 0.3) is 33.0 Å². The van der Waals surface area contributed by atoms with Crippen LogP contribution >= 0.6 is 0 Å². The van der Waals surface area contributed by atoms with Crippen LogP contribution in [0.5, 0.6) is 0 Å². The second-order valence-electron chi connectivity index (χ2n) is 4.73. The molecule has 2 aromatic carbocycles. The van der Waals surface area contributed by atoms with Crippen molar-refractivity contribution < 1.29 is 8.83 Å². The van der Waals surface area contributed by atoms with Crippen LogP contribution in [0, 0.1) is 0 Å². The third kappa shape index (κ3) is 1.66. The Bertz CT molecular complexity index is 771. The lowest BCUT2D eigenvalue weighted by Crippen LogP contribution is -1.83. The van der Waals surface area contributed by atoms with Crippen molar-refractivity contribution in [1.29, 1.82) is 0 Å². The van der Waals surface area contributed by atoms with Gasteiger partial charge in [0.15, 0.2) is 0 Å². The van der Waals surface area contributed by atoms with Gasteiger partial charge in [-0.2, -0.15) is 0 Å². The Kier molecular flexibility index (Phi) is 2.46. The lowest BCUT2D eigenvalue weighted by Gasteiger charge is -2.09. The maximum absolute atomic E-state index is 5.23. The van der Waals surface area contributed by atoms with E-state index in [-0.39, 0.29) is 0 Å². The van der Waals surface area contributed by atoms with Crippen LogP contribution in [0.2, 0.25) is 0 Å². The second kappa shape index (κ2) is 4.42. The van der Waals surface area contributed by atoms with Gasteiger partial charge in [-0.25, -0.2) is 0 Å². The van der Waals surface area contributed by atoms with Crippen molar-refractivity contribution in [3.05, 3.63) is 73.6 Å². The lowest BCUT2D eigenvalue weighted by atomic mass is 9.93. The van der Waals surface area contributed by atoms with Gasteiger partial charge < -0.3 is 8.83 Å². The summed E-state index contributed by atoms with van der Waals surface area (Å²) in [5.74, 6) is 0. The number of benzene rings is 2. The van der Waals surface area contributed by atoms with Gasteiger partial charge in [-0.1, -0.05) is 36.4 Å². The molecule has 0 unspecified atom stereocenters. The molecule has 2 heteroatoms. The van der Waals surface area contributed by atoms with E-state index in [4.69, 9.17) is 8.83 Å². The average molecular weight is 260 g/mol. The van der Waals surface area contributed by atoms with E-state index >= 15 is 0 Å². The highest BCUT2D eigenvalue weighted by atomic mass is 16.3. The summed E-state index contributed by atoms with van der Waals surface area (Å²) in [5, 5.41) is 2.43. The first-order valence-corrected chi connectivity index (χ1v) is 6.50. The van der Waals surface area contributed by atoms with Gasteiger partial charge in [-0.05, 0) is 34.0 Å². The predicted octanol–water partition coefficient (Wildman–Crippen LogP) is 5.36. The molecular formula is C18H12O2. The van der Waals surface area contributed by atoms with E-state index in [1.165, 1.54) is 21.9 Å². The van der Waals surface area contributed by atoms with Crippen molar-refractivity contribution in [3.8, 4) is 22.3 Å². The summed E-state index contributed by atoms with van der Waals surface area (Å²) in [5.41, 5.74) is 4.53. The van der Waals surface area contributed by atoms with Crippen LogP contribution in [0.15, 0.2) is 82.4 Å². The minimum atomic E-state index is 1.09. The normalized spacial score (nSPS) is 11.0. The van der Waals surface area contributed by atoms with E-state index in [1.54, 1.807) is 25.1 Å². The van der Waals surface area contributed by atoms with E-state index in [0.717, 1.165) is 11.1 Å². The smallest absolute Gasteiger partial charge is 0.0981 e. The van der Waals surface area contributed by atoms with E-state index in [9.17, 15) is 0 Å². The topological polar surface area (TPSA) is 26.3 Å². The monoisotopic (exact) mass is 260 g/mol. The molecule has 2 heterocycles. The molecule has 2 nitrogen and oxygen atoms in total. The maximum atomic E-state index is 5.23. The molecule has 4 rings (SSSR count). The first-order valence-electron chi connectivity index (χ1n) is 6.50. The minimum absolute atomic E-state index is 1.09. The first kappa shape index (κ1) is 11.1. The van der Waals surface area contributed by atoms with Crippen LogP contribution in [0.1, 0.15) is 0 Å². The van der Waals surface area contributed by atoms with Crippen molar-refractivity contribution >= 4 is 10.8 Å². The summed E-state index contributed by atoms with van der Waals surface area (Å²) in [4.78, 5) is 0. The average Bonchev–Trinajstić information content (AvgIpc) is 3.19. The summed E-state index contributed by atoms with van der Waals surface area (Å²) >= 11 is 0. The number of furan rings is 2. The van der Waals surface area contributed by atoms with E-state index in [2.05, 4.69) is 36.4 Å². The third-order valence-electron chi connectivity index (χ3n) is 3.57. The van der Waals surface area contributed by atoms with Crippen LogP contribution in [0.3, 0.4) is 0 Å². The van der Waals surface area contributed by atoms with Gasteiger partial charge in [0.2, 0.25) is 0 Å². The Morgan fingerprint density at radius 2 is 1.15 bits per heavy atom. The molecule has 0 saturated heterocycles. The van der Waals surface area contributed by atoms with E-state index in [0.29, 0.717) is 0 Å². The first-order chi connectivity index (χ1) is 9.93. The van der Waals surface area contributed by atoms with Gasteiger partial charge in [-0.3, -0.25) is 0 Å². The molecule has 2 aromatic heterocycles. The maximum Gasteiger partial charge on any atom is 0.0981 e. The Morgan fingerprint density at radius 1 is 0.600 bits per heavy atom. The van der Waals surface area contributed by atoms with Gasteiger partial charge in [0.05, 0.1) is 25.1 Å². The molecular weight excluding hydrogens is 248 g/mol. The molecule has 0 spiro atoms. The second-order valence-corrected chi connectivity index (χ2v) is 4.73. The SMILES string of the molecule is c1cc(-c2ccoc2)c2c(-c3ccoc3)cccc2c1. The van der Waals surface area contributed by atoms with Gasteiger partial charge in [0, 0.05) is 11.1 Å². The Hall–Kier alpha value is -2.74. The molecule has 0 bridgehead atoms. The summed E-state index contributed by atoms with van der Waals surface area (Å²) in [6.45, 7) is 0. The highest BCUT2D eigenvalue weighted by Gasteiger charge is 2.11. The third-order valence-corrected chi connectivity index (χ3v) is 3.57. The number of rotatable bonds is 2. The fourth-order valence-corrected chi connectivity index (χ4v) is 2.66. The summed E-state index contributed by atoms with van der Waals surface area (Å²) < 4.78 is 10.5. The van der Waals surface area contributed by atoms with Crippen molar-refractivity contribution in [1.82, 2.24) is 0 Å². The van der Waals surface area contributed by atoms with Crippen molar-refractivity contribution in [2.24, 2.45) is 0 Å². The van der Waals surface area contributed by atoms with E-state index < -0.39 is 0 Å². The highest BCUT2D eigenvalue weighted by molar-refractivity contribution is 6.06. The van der Waals surface area contributed by atoms with Gasteiger partial charge in [0.25, 0.3) is 0 Å². The minimum Gasteiger partial charge on any atom is -0.472 e. The Balaban J connectivity index is 2.11. The molecule has 0 N–H and O–H groups in total.